The van der Waals surface area contributed by atoms with Crippen LogP contribution in [0.5, 0.6) is 0 Å². The van der Waals surface area contributed by atoms with Gasteiger partial charge in [0.25, 0.3) is 0 Å². The molecular weight excluding hydrogens is 200 g/mol. The zero-order chi connectivity index (χ0) is 11.1. The van der Waals surface area contributed by atoms with Crippen LogP contribution < -0.4 is 10.6 Å². The van der Waals surface area contributed by atoms with E-state index in [9.17, 15) is 0 Å². The fourth-order valence-corrected chi connectivity index (χ4v) is 1.89. The summed E-state index contributed by atoms with van der Waals surface area (Å²) < 4.78 is 5.61. The molecule has 88 valence electrons. The molecule has 0 bridgehead atoms. The van der Waals surface area contributed by atoms with Crippen LogP contribution in [0.15, 0.2) is 30.3 Å². The van der Waals surface area contributed by atoms with Gasteiger partial charge in [0.2, 0.25) is 0 Å². The molecule has 2 N–H and O–H groups in total. The van der Waals surface area contributed by atoms with Gasteiger partial charge in [-0.1, -0.05) is 30.3 Å². The van der Waals surface area contributed by atoms with Gasteiger partial charge in [-0.2, -0.15) is 0 Å². The molecule has 0 aliphatic carbocycles. The molecule has 1 atom stereocenters. The molecule has 0 amide bonds. The highest BCUT2D eigenvalue weighted by molar-refractivity contribution is 5.14. The minimum Gasteiger partial charge on any atom is -0.374 e. The molecule has 1 fully saturated rings. The Bertz CT molecular complexity index is 283. The lowest BCUT2D eigenvalue weighted by molar-refractivity contribution is 0.0294. The van der Waals surface area contributed by atoms with Gasteiger partial charge in [0.1, 0.15) is 0 Å². The Hall–Kier alpha value is -0.900. The van der Waals surface area contributed by atoms with Crippen LogP contribution in [0.25, 0.3) is 0 Å². The third kappa shape index (κ3) is 3.93. The van der Waals surface area contributed by atoms with Crippen LogP contribution in [0, 0.1) is 0 Å². The largest absolute Gasteiger partial charge is 0.374 e. The van der Waals surface area contributed by atoms with Crippen LogP contribution in [0.4, 0.5) is 0 Å². The summed E-state index contributed by atoms with van der Waals surface area (Å²) in [6.07, 6.45) is 1.42. The highest BCUT2D eigenvalue weighted by Crippen LogP contribution is 1.98. The molecule has 1 aliphatic rings. The van der Waals surface area contributed by atoms with Crippen molar-refractivity contribution in [3.63, 3.8) is 0 Å². The molecule has 0 saturated carbocycles. The second-order valence-electron chi connectivity index (χ2n) is 4.14. The van der Waals surface area contributed by atoms with E-state index < -0.39 is 0 Å². The van der Waals surface area contributed by atoms with Crippen molar-refractivity contribution in [2.75, 3.05) is 32.8 Å². The summed E-state index contributed by atoms with van der Waals surface area (Å²) in [6, 6.07) is 10.6. The van der Waals surface area contributed by atoms with Crippen molar-refractivity contribution in [1.82, 2.24) is 10.6 Å². The standard InChI is InChI=1S/C13H20N2O/c1-2-4-12(5-3-1)6-7-14-10-13-11-15-8-9-16-13/h1-5,13-15H,6-11H2. The molecule has 1 aliphatic heterocycles. The Morgan fingerprint density at radius 3 is 2.94 bits per heavy atom. The fraction of sp³-hybridized carbons (Fsp3) is 0.538. The maximum atomic E-state index is 5.61. The van der Waals surface area contributed by atoms with Crippen molar-refractivity contribution in [1.29, 1.82) is 0 Å². The van der Waals surface area contributed by atoms with Crippen LogP contribution in [0.1, 0.15) is 5.56 Å². The number of hydrogen-bond donors (Lipinski definition) is 2. The minimum absolute atomic E-state index is 0.338. The summed E-state index contributed by atoms with van der Waals surface area (Å²) >= 11 is 0. The first-order chi connectivity index (χ1) is 7.95. The minimum atomic E-state index is 0.338. The topological polar surface area (TPSA) is 33.3 Å². The first-order valence-electron chi connectivity index (χ1n) is 6.02. The van der Waals surface area contributed by atoms with E-state index in [0.29, 0.717) is 6.10 Å². The molecule has 2 rings (SSSR count). The molecule has 1 saturated heterocycles. The van der Waals surface area contributed by atoms with Gasteiger partial charge in [0.05, 0.1) is 12.7 Å². The zero-order valence-corrected chi connectivity index (χ0v) is 9.61. The van der Waals surface area contributed by atoms with Crippen LogP contribution in [0.3, 0.4) is 0 Å². The van der Waals surface area contributed by atoms with Gasteiger partial charge in [-0.15, -0.1) is 0 Å². The van der Waals surface area contributed by atoms with E-state index in [1.165, 1.54) is 5.56 Å². The Balaban J connectivity index is 1.58. The second-order valence-corrected chi connectivity index (χ2v) is 4.14. The van der Waals surface area contributed by atoms with Gasteiger partial charge in [-0.25, -0.2) is 0 Å². The molecule has 3 nitrogen and oxygen atoms in total. The lowest BCUT2D eigenvalue weighted by Gasteiger charge is -2.23. The van der Waals surface area contributed by atoms with Crippen LogP contribution in [-0.2, 0) is 11.2 Å². The molecule has 1 aromatic carbocycles. The predicted octanol–water partition coefficient (Wildman–Crippen LogP) is 0.807. The Kier molecular flexibility index (Phi) is 4.80. The maximum absolute atomic E-state index is 5.61. The molecule has 0 spiro atoms. The van der Waals surface area contributed by atoms with Gasteiger partial charge in [0.15, 0.2) is 0 Å². The van der Waals surface area contributed by atoms with E-state index in [-0.39, 0.29) is 0 Å². The van der Waals surface area contributed by atoms with E-state index in [2.05, 4.69) is 41.0 Å². The van der Waals surface area contributed by atoms with Gasteiger partial charge >= 0.3 is 0 Å². The summed E-state index contributed by atoms with van der Waals surface area (Å²) in [5.74, 6) is 0. The van der Waals surface area contributed by atoms with Crippen molar-refractivity contribution >= 4 is 0 Å². The third-order valence-corrected chi connectivity index (χ3v) is 2.81. The summed E-state index contributed by atoms with van der Waals surface area (Å²) in [7, 11) is 0. The maximum Gasteiger partial charge on any atom is 0.0824 e. The number of hydrogen-bond acceptors (Lipinski definition) is 3. The molecule has 0 aromatic heterocycles. The lowest BCUT2D eigenvalue weighted by atomic mass is 10.1. The van der Waals surface area contributed by atoms with E-state index in [1.807, 2.05) is 0 Å². The second kappa shape index (κ2) is 6.63. The Labute approximate surface area is 97.2 Å². The molecule has 1 aromatic rings. The fourth-order valence-electron chi connectivity index (χ4n) is 1.89. The highest BCUT2D eigenvalue weighted by Gasteiger charge is 2.11. The summed E-state index contributed by atoms with van der Waals surface area (Å²) in [6.45, 7) is 4.76. The van der Waals surface area contributed by atoms with E-state index in [4.69, 9.17) is 4.74 Å². The summed E-state index contributed by atoms with van der Waals surface area (Å²) in [5, 5.41) is 6.77. The number of rotatable bonds is 5. The van der Waals surface area contributed by atoms with Gasteiger partial charge < -0.3 is 15.4 Å². The van der Waals surface area contributed by atoms with E-state index in [1.54, 1.807) is 0 Å². The van der Waals surface area contributed by atoms with E-state index >= 15 is 0 Å². The van der Waals surface area contributed by atoms with Crippen LogP contribution in [-0.4, -0.2) is 38.9 Å². The Morgan fingerprint density at radius 2 is 2.19 bits per heavy atom. The summed E-state index contributed by atoms with van der Waals surface area (Å²) in [5.41, 5.74) is 1.39. The van der Waals surface area contributed by atoms with Crippen molar-refractivity contribution in [2.45, 2.75) is 12.5 Å². The number of morpholine rings is 1. The average molecular weight is 220 g/mol. The third-order valence-electron chi connectivity index (χ3n) is 2.81. The summed E-state index contributed by atoms with van der Waals surface area (Å²) in [4.78, 5) is 0. The monoisotopic (exact) mass is 220 g/mol. The molecule has 1 heterocycles. The van der Waals surface area contributed by atoms with Gasteiger partial charge in [-0.3, -0.25) is 0 Å². The van der Waals surface area contributed by atoms with Crippen LogP contribution in [0.2, 0.25) is 0 Å². The SMILES string of the molecule is c1ccc(CCNCC2CNCCO2)cc1. The highest BCUT2D eigenvalue weighted by atomic mass is 16.5. The van der Waals surface area contributed by atoms with Crippen molar-refractivity contribution in [2.24, 2.45) is 0 Å². The number of benzene rings is 1. The Morgan fingerprint density at radius 1 is 1.31 bits per heavy atom. The molecule has 0 radical (unpaired) electrons. The molecular formula is C13H20N2O. The van der Waals surface area contributed by atoms with Crippen molar-refractivity contribution in [3.8, 4) is 0 Å². The zero-order valence-electron chi connectivity index (χ0n) is 9.61. The smallest absolute Gasteiger partial charge is 0.0824 e. The normalized spacial score (nSPS) is 20.9. The van der Waals surface area contributed by atoms with Crippen molar-refractivity contribution < 1.29 is 4.74 Å². The lowest BCUT2D eigenvalue weighted by Crippen LogP contribution is -2.44. The number of nitrogens with one attached hydrogen (secondary N) is 2. The van der Waals surface area contributed by atoms with Gasteiger partial charge in [-0.05, 0) is 18.5 Å². The van der Waals surface area contributed by atoms with Crippen LogP contribution >= 0.6 is 0 Å². The molecule has 1 unspecified atom stereocenters. The first-order valence-corrected chi connectivity index (χ1v) is 6.02. The predicted molar refractivity (Wildman–Crippen MR) is 65.6 cm³/mol. The quantitative estimate of drug-likeness (QED) is 0.720. The average Bonchev–Trinajstić information content (AvgIpc) is 2.37. The van der Waals surface area contributed by atoms with Crippen molar-refractivity contribution in [3.05, 3.63) is 35.9 Å². The van der Waals surface area contributed by atoms with Gasteiger partial charge in [0, 0.05) is 19.6 Å². The first kappa shape index (κ1) is 11.6. The molecule has 16 heavy (non-hydrogen) atoms. The molecule has 3 heteroatoms. The number of ether oxygens (including phenoxy) is 1. The van der Waals surface area contributed by atoms with E-state index in [0.717, 1.165) is 39.2 Å².